The van der Waals surface area contributed by atoms with Crippen molar-refractivity contribution < 1.29 is 27.4 Å². The average Bonchev–Trinajstić information content (AvgIpc) is 3.14. The summed E-state index contributed by atoms with van der Waals surface area (Å²) in [6, 6.07) is 44.2. The highest BCUT2D eigenvalue weighted by molar-refractivity contribution is 7.92. The predicted octanol–water partition coefficient (Wildman–Crippen LogP) is 8.17. The van der Waals surface area contributed by atoms with Gasteiger partial charge in [-0.1, -0.05) is 126 Å². The number of nitrogens with zero attached hydrogens (tertiary/aromatic N) is 1. The summed E-state index contributed by atoms with van der Waals surface area (Å²) in [5.41, 5.74) is 6.20. The van der Waals surface area contributed by atoms with Crippen LogP contribution in [-0.4, -0.2) is 39.9 Å². The van der Waals surface area contributed by atoms with Crippen LogP contribution in [0.25, 0.3) is 0 Å². The number of rotatable bonds is 15. The van der Waals surface area contributed by atoms with Crippen molar-refractivity contribution in [3.8, 4) is 0 Å². The standard InChI is InChI=1S/C42H43NO6S/c1-32-18-22-38(23-19-32)43(50(44,45)39-24-20-33(2)21-25-39)26-37-30-47-40(31-46-27-34-12-6-3-7-13-34)42(49-29-36-16-10-5-11-17-36)41(37)48-28-35-14-8-4-9-15-35/h3-25,30,40-42H,26-29,31H2,1-2H3/t40-,41-,42-/m1/s1. The molecule has 0 aromatic heterocycles. The van der Waals surface area contributed by atoms with Crippen molar-refractivity contribution in [1.82, 2.24) is 0 Å². The van der Waals surface area contributed by atoms with Crippen LogP contribution in [0.15, 0.2) is 156 Å². The molecule has 5 aromatic rings. The Bertz CT molecular complexity index is 1920. The van der Waals surface area contributed by atoms with Crippen LogP contribution in [-0.2, 0) is 48.8 Å². The van der Waals surface area contributed by atoms with Crippen molar-refractivity contribution >= 4 is 15.7 Å². The van der Waals surface area contributed by atoms with Crippen LogP contribution in [0.1, 0.15) is 27.8 Å². The number of anilines is 1. The molecule has 8 heteroatoms. The van der Waals surface area contributed by atoms with E-state index < -0.39 is 28.3 Å². The summed E-state index contributed by atoms with van der Waals surface area (Å²) in [6.45, 7) is 5.15. The van der Waals surface area contributed by atoms with Gasteiger partial charge >= 0.3 is 0 Å². The summed E-state index contributed by atoms with van der Waals surface area (Å²) in [5.74, 6) is 0. The fourth-order valence-corrected chi connectivity index (χ4v) is 7.26. The zero-order chi connectivity index (χ0) is 34.8. The van der Waals surface area contributed by atoms with Crippen LogP contribution < -0.4 is 4.31 Å². The van der Waals surface area contributed by atoms with E-state index in [0.29, 0.717) is 31.1 Å². The van der Waals surface area contributed by atoms with Gasteiger partial charge in [-0.2, -0.15) is 0 Å². The Morgan fingerprint density at radius 2 is 1.12 bits per heavy atom. The summed E-state index contributed by atoms with van der Waals surface area (Å²) in [6.07, 6.45) is -0.148. The van der Waals surface area contributed by atoms with Gasteiger partial charge in [-0.25, -0.2) is 8.42 Å². The van der Waals surface area contributed by atoms with E-state index in [4.69, 9.17) is 18.9 Å². The number of hydrogen-bond acceptors (Lipinski definition) is 6. The molecule has 1 aliphatic heterocycles. The minimum Gasteiger partial charge on any atom is -0.493 e. The topological polar surface area (TPSA) is 74.3 Å². The Kier molecular flexibility index (Phi) is 11.8. The minimum atomic E-state index is -3.99. The Hall–Kier alpha value is -4.73. The van der Waals surface area contributed by atoms with Gasteiger partial charge in [-0.05, 0) is 54.8 Å². The second kappa shape index (κ2) is 16.8. The second-order valence-corrected chi connectivity index (χ2v) is 14.4. The molecule has 0 N–H and O–H groups in total. The molecule has 1 heterocycles. The van der Waals surface area contributed by atoms with Crippen LogP contribution in [0.5, 0.6) is 0 Å². The van der Waals surface area contributed by atoms with E-state index in [1.807, 2.05) is 141 Å². The zero-order valence-electron chi connectivity index (χ0n) is 28.4. The lowest BCUT2D eigenvalue weighted by molar-refractivity contribution is -0.152. The molecule has 1 aliphatic rings. The Balaban J connectivity index is 1.35. The third kappa shape index (κ3) is 9.08. The largest absolute Gasteiger partial charge is 0.493 e. The maximum Gasteiger partial charge on any atom is 0.264 e. The molecule has 0 bridgehead atoms. The van der Waals surface area contributed by atoms with Gasteiger partial charge in [0.25, 0.3) is 10.0 Å². The van der Waals surface area contributed by atoms with E-state index in [2.05, 4.69) is 0 Å². The number of sulfonamides is 1. The normalized spacial score (nSPS) is 17.5. The zero-order valence-corrected chi connectivity index (χ0v) is 29.2. The van der Waals surface area contributed by atoms with Gasteiger partial charge < -0.3 is 18.9 Å². The highest BCUT2D eigenvalue weighted by Gasteiger charge is 2.41. The van der Waals surface area contributed by atoms with Gasteiger partial charge in [-0.3, -0.25) is 4.31 Å². The summed E-state index contributed by atoms with van der Waals surface area (Å²) < 4.78 is 56.1. The molecular formula is C42H43NO6S. The maximum atomic E-state index is 14.4. The van der Waals surface area contributed by atoms with Gasteiger partial charge in [0.05, 0.1) is 49.8 Å². The van der Waals surface area contributed by atoms with Crippen molar-refractivity contribution in [2.45, 2.75) is 56.9 Å². The molecule has 5 aromatic carbocycles. The molecule has 0 unspecified atom stereocenters. The molecule has 0 spiro atoms. The maximum absolute atomic E-state index is 14.4. The highest BCUT2D eigenvalue weighted by atomic mass is 32.2. The van der Waals surface area contributed by atoms with E-state index >= 15 is 0 Å². The van der Waals surface area contributed by atoms with Gasteiger partial charge in [0.15, 0.2) is 0 Å². The lowest BCUT2D eigenvalue weighted by Crippen LogP contribution is -2.50. The molecule has 0 fully saturated rings. The summed E-state index contributed by atoms with van der Waals surface area (Å²) in [5, 5.41) is 0. The van der Waals surface area contributed by atoms with Crippen LogP contribution in [0, 0.1) is 13.8 Å². The molecular weight excluding hydrogens is 647 g/mol. The van der Waals surface area contributed by atoms with Crippen molar-refractivity contribution in [1.29, 1.82) is 0 Å². The Morgan fingerprint density at radius 1 is 0.620 bits per heavy atom. The number of ether oxygens (including phenoxy) is 4. The van der Waals surface area contributed by atoms with Crippen LogP contribution in [0.4, 0.5) is 5.69 Å². The fourth-order valence-electron chi connectivity index (χ4n) is 5.81. The molecule has 258 valence electrons. The second-order valence-electron chi connectivity index (χ2n) is 12.5. The number of hydrogen-bond donors (Lipinski definition) is 0. The SMILES string of the molecule is Cc1ccc(N(CC2=CO[C@H](COCc3ccccc3)[C@@H](OCc3ccccc3)[C@@H]2OCc2ccccc2)S(=O)(=O)c2ccc(C)cc2)cc1. The molecule has 3 atom stereocenters. The van der Waals surface area contributed by atoms with Gasteiger partial charge in [0, 0.05) is 5.57 Å². The molecule has 7 nitrogen and oxygen atoms in total. The third-order valence-electron chi connectivity index (χ3n) is 8.63. The van der Waals surface area contributed by atoms with Crippen molar-refractivity contribution in [3.05, 3.63) is 179 Å². The van der Waals surface area contributed by atoms with E-state index in [0.717, 1.165) is 27.8 Å². The van der Waals surface area contributed by atoms with E-state index in [-0.39, 0.29) is 18.0 Å². The molecule has 0 radical (unpaired) electrons. The first kappa shape index (κ1) is 35.1. The fraction of sp³-hybridized carbons (Fsp3) is 0.238. The number of benzene rings is 5. The van der Waals surface area contributed by atoms with Crippen LogP contribution in [0.3, 0.4) is 0 Å². The predicted molar refractivity (Wildman–Crippen MR) is 196 cm³/mol. The van der Waals surface area contributed by atoms with Crippen molar-refractivity contribution in [2.24, 2.45) is 0 Å². The van der Waals surface area contributed by atoms with Gasteiger partial charge in [0.2, 0.25) is 0 Å². The Morgan fingerprint density at radius 3 is 1.68 bits per heavy atom. The molecule has 6 rings (SSSR count). The van der Waals surface area contributed by atoms with Crippen LogP contribution in [0.2, 0.25) is 0 Å². The summed E-state index contributed by atoms with van der Waals surface area (Å²) in [4.78, 5) is 0.201. The highest BCUT2D eigenvalue weighted by Crippen LogP contribution is 2.32. The molecule has 0 amide bonds. The third-order valence-corrected chi connectivity index (χ3v) is 10.4. The Labute approximate surface area is 295 Å². The molecule has 0 saturated heterocycles. The number of aryl methyl sites for hydroxylation is 2. The first-order valence-electron chi connectivity index (χ1n) is 16.8. The molecule has 50 heavy (non-hydrogen) atoms. The van der Waals surface area contributed by atoms with Crippen molar-refractivity contribution in [2.75, 3.05) is 17.5 Å². The minimum absolute atomic E-state index is 0.0124. The van der Waals surface area contributed by atoms with Gasteiger partial charge in [-0.15, -0.1) is 0 Å². The summed E-state index contributed by atoms with van der Waals surface area (Å²) in [7, 11) is -3.99. The first-order chi connectivity index (χ1) is 24.4. The van der Waals surface area contributed by atoms with Crippen LogP contribution >= 0.6 is 0 Å². The van der Waals surface area contributed by atoms with E-state index in [1.54, 1.807) is 18.4 Å². The quantitative estimate of drug-likeness (QED) is 0.110. The molecule has 0 saturated carbocycles. The smallest absolute Gasteiger partial charge is 0.264 e. The summed E-state index contributed by atoms with van der Waals surface area (Å²) >= 11 is 0. The molecule has 0 aliphatic carbocycles. The lowest BCUT2D eigenvalue weighted by Gasteiger charge is -2.39. The first-order valence-corrected chi connectivity index (χ1v) is 18.2. The average molecular weight is 690 g/mol. The monoisotopic (exact) mass is 689 g/mol. The lowest BCUT2D eigenvalue weighted by atomic mass is 9.97. The van der Waals surface area contributed by atoms with Gasteiger partial charge in [0.1, 0.15) is 18.3 Å². The van der Waals surface area contributed by atoms with Crippen molar-refractivity contribution in [3.63, 3.8) is 0 Å². The van der Waals surface area contributed by atoms with E-state index in [1.165, 1.54) is 4.31 Å². The van der Waals surface area contributed by atoms with E-state index in [9.17, 15) is 8.42 Å².